The first-order valence-corrected chi connectivity index (χ1v) is 13.3. The molecular weight excluding hydrogens is 528 g/mol. The van der Waals surface area contributed by atoms with Crippen molar-refractivity contribution < 1.29 is 23.4 Å². The van der Waals surface area contributed by atoms with Gasteiger partial charge in [-0.05, 0) is 61.5 Å². The van der Waals surface area contributed by atoms with E-state index in [0.717, 1.165) is 0 Å². The van der Waals surface area contributed by atoms with E-state index in [4.69, 9.17) is 18.6 Å². The maximum atomic E-state index is 13.8. The number of ether oxygens (including phenoxy) is 3. The van der Waals surface area contributed by atoms with Gasteiger partial charge in [-0.2, -0.15) is 0 Å². The summed E-state index contributed by atoms with van der Waals surface area (Å²) in [5, 5.41) is 1.15. The van der Waals surface area contributed by atoms with Crippen molar-refractivity contribution in [2.75, 3.05) is 13.4 Å². The third-order valence-electron chi connectivity index (χ3n) is 5.84. The number of esters is 1. The summed E-state index contributed by atoms with van der Waals surface area (Å²) in [4.78, 5) is 40.2. The number of carbonyl (C=O) groups is 1. The molecule has 0 unspecified atom stereocenters. The molecule has 1 atom stereocenters. The van der Waals surface area contributed by atoms with Gasteiger partial charge in [0.15, 0.2) is 26.5 Å². The summed E-state index contributed by atoms with van der Waals surface area (Å²) >= 11 is 2.50. The van der Waals surface area contributed by atoms with Gasteiger partial charge < -0.3 is 18.6 Å². The summed E-state index contributed by atoms with van der Waals surface area (Å²) in [7, 11) is 0. The Labute approximate surface area is 223 Å². The predicted molar refractivity (Wildman–Crippen MR) is 138 cm³/mol. The van der Waals surface area contributed by atoms with Crippen molar-refractivity contribution in [2.24, 2.45) is 4.99 Å². The number of furan rings is 1. The maximum Gasteiger partial charge on any atom is 0.338 e. The fourth-order valence-corrected chi connectivity index (χ4v) is 5.92. The van der Waals surface area contributed by atoms with Crippen LogP contribution in [0.15, 0.2) is 84.5 Å². The molecule has 5 heterocycles. The lowest BCUT2D eigenvalue weighted by Gasteiger charge is -2.24. The Hall–Kier alpha value is -4.16. The number of hydrogen-bond donors (Lipinski definition) is 0. The summed E-state index contributed by atoms with van der Waals surface area (Å²) in [5.41, 5.74) is 1.16. The number of hydrogen-bond acceptors (Lipinski definition) is 11. The molecule has 0 radical (unpaired) electrons. The van der Waals surface area contributed by atoms with Gasteiger partial charge in [0.1, 0.15) is 5.76 Å². The number of thiazole rings is 1. The van der Waals surface area contributed by atoms with Gasteiger partial charge in [-0.3, -0.25) is 9.36 Å². The molecule has 38 heavy (non-hydrogen) atoms. The Morgan fingerprint density at radius 2 is 2.03 bits per heavy atom. The zero-order valence-corrected chi connectivity index (χ0v) is 21.9. The van der Waals surface area contributed by atoms with Crippen molar-refractivity contribution in [3.05, 3.63) is 91.1 Å². The first kappa shape index (κ1) is 24.2. The average molecular weight is 549 g/mol. The second-order valence-corrected chi connectivity index (χ2v) is 10.2. The quantitative estimate of drug-likeness (QED) is 0.265. The van der Waals surface area contributed by atoms with Crippen LogP contribution in [0.1, 0.15) is 31.2 Å². The summed E-state index contributed by atoms with van der Waals surface area (Å²) in [6.07, 6.45) is 4.98. The van der Waals surface area contributed by atoms with Crippen molar-refractivity contribution in [2.45, 2.75) is 30.1 Å². The van der Waals surface area contributed by atoms with E-state index in [1.807, 2.05) is 6.07 Å². The van der Waals surface area contributed by atoms with Crippen LogP contribution in [0, 0.1) is 0 Å². The molecule has 1 aromatic carbocycles. The molecule has 6 rings (SSSR count). The van der Waals surface area contributed by atoms with Gasteiger partial charge in [0, 0.05) is 18.5 Å². The number of aromatic nitrogens is 3. The molecule has 3 aromatic heterocycles. The first-order chi connectivity index (χ1) is 18.5. The number of carbonyl (C=O) groups excluding carboxylic acids is 1. The van der Waals surface area contributed by atoms with Crippen LogP contribution in [-0.2, 0) is 9.53 Å². The van der Waals surface area contributed by atoms with Crippen LogP contribution in [0.4, 0.5) is 0 Å². The molecule has 0 N–H and O–H groups in total. The molecule has 12 heteroatoms. The van der Waals surface area contributed by atoms with Gasteiger partial charge in [0.25, 0.3) is 5.56 Å². The highest BCUT2D eigenvalue weighted by Crippen LogP contribution is 2.38. The molecule has 0 saturated carbocycles. The summed E-state index contributed by atoms with van der Waals surface area (Å²) in [6, 6.07) is 9.92. The van der Waals surface area contributed by atoms with Crippen LogP contribution in [-0.4, -0.2) is 33.9 Å². The van der Waals surface area contributed by atoms with Crippen molar-refractivity contribution in [3.63, 3.8) is 0 Å². The highest BCUT2D eigenvalue weighted by molar-refractivity contribution is 7.99. The topological polar surface area (TPSA) is 118 Å². The van der Waals surface area contributed by atoms with Crippen LogP contribution < -0.4 is 24.4 Å². The zero-order valence-electron chi connectivity index (χ0n) is 20.2. The molecule has 4 aromatic rings. The van der Waals surface area contributed by atoms with Gasteiger partial charge in [-0.15, -0.1) is 0 Å². The Morgan fingerprint density at radius 1 is 1.21 bits per heavy atom. The molecule has 192 valence electrons. The summed E-state index contributed by atoms with van der Waals surface area (Å²) in [5.74, 6) is 1.12. The van der Waals surface area contributed by atoms with Gasteiger partial charge in [0.2, 0.25) is 6.79 Å². The monoisotopic (exact) mass is 548 g/mol. The molecule has 0 spiro atoms. The third kappa shape index (κ3) is 4.41. The molecule has 10 nitrogen and oxygen atoms in total. The zero-order chi connectivity index (χ0) is 26.2. The van der Waals surface area contributed by atoms with Gasteiger partial charge in [-0.25, -0.2) is 19.8 Å². The second-order valence-electron chi connectivity index (χ2n) is 8.21. The lowest BCUT2D eigenvalue weighted by Crippen LogP contribution is -2.39. The number of rotatable bonds is 6. The Morgan fingerprint density at radius 3 is 2.84 bits per heavy atom. The number of benzene rings is 1. The molecular formula is C26H20N4O6S2. The number of allylic oxidation sites excluding steroid dienone is 1. The summed E-state index contributed by atoms with van der Waals surface area (Å²) < 4.78 is 24.2. The van der Waals surface area contributed by atoms with Gasteiger partial charge in [-0.1, -0.05) is 17.4 Å². The third-order valence-corrected chi connectivity index (χ3v) is 7.64. The van der Waals surface area contributed by atoms with Crippen LogP contribution in [0.3, 0.4) is 0 Å². The highest BCUT2D eigenvalue weighted by atomic mass is 32.2. The minimum absolute atomic E-state index is 0.112. The fraction of sp³-hybridized carbons (Fsp3) is 0.192. The van der Waals surface area contributed by atoms with E-state index in [1.54, 1.807) is 62.6 Å². The van der Waals surface area contributed by atoms with Crippen molar-refractivity contribution >= 4 is 35.1 Å². The maximum absolute atomic E-state index is 13.8. The van der Waals surface area contributed by atoms with Gasteiger partial charge in [0.05, 0.1) is 28.5 Å². The Bertz CT molecular complexity index is 1760. The largest absolute Gasteiger partial charge is 0.463 e. The first-order valence-electron chi connectivity index (χ1n) is 11.7. The van der Waals surface area contributed by atoms with Crippen LogP contribution in [0.25, 0.3) is 6.08 Å². The molecule has 0 amide bonds. The van der Waals surface area contributed by atoms with Crippen LogP contribution in [0.2, 0.25) is 0 Å². The molecule has 0 saturated heterocycles. The van der Waals surface area contributed by atoms with E-state index in [2.05, 4.69) is 15.0 Å². The normalized spacial score (nSPS) is 16.4. The smallest absolute Gasteiger partial charge is 0.338 e. The van der Waals surface area contributed by atoms with Crippen LogP contribution >= 0.6 is 23.1 Å². The molecule has 2 aliphatic heterocycles. The van der Waals surface area contributed by atoms with E-state index < -0.39 is 12.0 Å². The Kier molecular flexibility index (Phi) is 6.34. The lowest BCUT2D eigenvalue weighted by molar-refractivity contribution is -0.139. The Balaban J connectivity index is 1.44. The predicted octanol–water partition coefficient (Wildman–Crippen LogP) is 3.06. The number of nitrogens with zero attached hydrogens (tertiary/aromatic N) is 4. The van der Waals surface area contributed by atoms with E-state index >= 15 is 0 Å². The van der Waals surface area contributed by atoms with Crippen molar-refractivity contribution in [1.29, 1.82) is 0 Å². The minimum atomic E-state index is -0.750. The van der Waals surface area contributed by atoms with Gasteiger partial charge >= 0.3 is 5.97 Å². The van der Waals surface area contributed by atoms with Crippen LogP contribution in [0.5, 0.6) is 11.5 Å². The van der Waals surface area contributed by atoms with E-state index in [1.165, 1.54) is 27.7 Å². The standard InChI is InChI=1S/C26H20N4O6S2/c1-3-33-24(32)21-14(2)29-26-30(22(21)15-5-7-17-18(11-15)35-13-34-17)23(31)19(37-26)12-16-6-8-20(36-16)38-25-27-9-4-10-28-25/h4-12,22H,3,13H2,1-2H3/b19-12+/t22-/m0/s1. The molecule has 2 aliphatic rings. The van der Waals surface area contributed by atoms with Crippen molar-refractivity contribution in [3.8, 4) is 11.5 Å². The number of fused-ring (bicyclic) bond motifs is 2. The molecule has 0 fully saturated rings. The SMILES string of the molecule is CCOC(=O)C1=C(C)N=c2s/c(=C/c3ccc(Sc4ncccn4)o3)c(=O)n2[C@H]1c1ccc2c(c1)OCO2. The van der Waals surface area contributed by atoms with E-state index in [0.29, 0.717) is 53.7 Å². The summed E-state index contributed by atoms with van der Waals surface area (Å²) in [6.45, 7) is 3.78. The van der Waals surface area contributed by atoms with Crippen molar-refractivity contribution in [1.82, 2.24) is 14.5 Å². The molecule has 0 bridgehead atoms. The fourth-order valence-electron chi connectivity index (χ4n) is 4.21. The second kappa shape index (κ2) is 9.95. The minimum Gasteiger partial charge on any atom is -0.463 e. The van der Waals surface area contributed by atoms with E-state index in [9.17, 15) is 9.59 Å². The molecule has 0 aliphatic carbocycles. The lowest BCUT2D eigenvalue weighted by atomic mass is 9.95. The highest BCUT2D eigenvalue weighted by Gasteiger charge is 2.34. The average Bonchev–Trinajstić information content (AvgIpc) is 3.63. The van der Waals surface area contributed by atoms with E-state index in [-0.39, 0.29) is 19.0 Å².